The Balaban J connectivity index is 0.000000212. The number of nitrogens with zero attached hydrogens (tertiary/aromatic N) is 2. The van der Waals surface area contributed by atoms with E-state index in [2.05, 4.69) is 9.97 Å². The van der Waals surface area contributed by atoms with Crippen LogP contribution in [0.1, 0.15) is 16.2 Å². The van der Waals surface area contributed by atoms with Crippen LogP contribution in [0.25, 0.3) is 11.3 Å². The van der Waals surface area contributed by atoms with Gasteiger partial charge in [0.25, 0.3) is 5.91 Å². The number of nitrogens with two attached hydrogens (primary N) is 1. The molecule has 3 rings (SSSR count). The summed E-state index contributed by atoms with van der Waals surface area (Å²) in [4.78, 5) is 29.9. The number of aromatic nitrogens is 2. The maximum absolute atomic E-state index is 11.7. The van der Waals surface area contributed by atoms with Gasteiger partial charge in [-0.15, -0.1) is 0 Å². The van der Waals surface area contributed by atoms with Crippen LogP contribution in [0.3, 0.4) is 0 Å². The monoisotopic (exact) mass is 402 g/mol. The molecule has 0 bridgehead atoms. The number of hydrogen-bond acceptors (Lipinski definition) is 4. The lowest BCUT2D eigenvalue weighted by Crippen LogP contribution is -2.37. The molecular formula is C20H17F3N4O2. The first kappa shape index (κ1) is 21.5. The Morgan fingerprint density at radius 1 is 0.931 bits per heavy atom. The van der Waals surface area contributed by atoms with Crippen LogP contribution >= 0.6 is 0 Å². The molecule has 0 radical (unpaired) electrons. The number of nitrogens with one attached hydrogen (secondary N) is 1. The molecule has 1 heterocycles. The molecule has 0 atom stereocenters. The molecule has 0 aliphatic carbocycles. The molecule has 0 spiro atoms. The Morgan fingerprint density at radius 2 is 1.52 bits per heavy atom. The van der Waals surface area contributed by atoms with Crippen LogP contribution in [-0.4, -0.2) is 28.1 Å². The summed E-state index contributed by atoms with van der Waals surface area (Å²) in [5.41, 5.74) is 6.87. The fourth-order valence-corrected chi connectivity index (χ4v) is 2.20. The second kappa shape index (κ2) is 9.98. The van der Waals surface area contributed by atoms with Gasteiger partial charge in [0.15, 0.2) is 0 Å². The van der Waals surface area contributed by atoms with Gasteiger partial charge < -0.3 is 5.73 Å². The van der Waals surface area contributed by atoms with Gasteiger partial charge in [0.05, 0.1) is 12.1 Å². The highest BCUT2D eigenvalue weighted by Gasteiger charge is 2.30. The van der Waals surface area contributed by atoms with Gasteiger partial charge in [-0.25, -0.2) is 9.97 Å². The van der Waals surface area contributed by atoms with Crippen LogP contribution in [0, 0.1) is 0 Å². The zero-order valence-corrected chi connectivity index (χ0v) is 15.1. The van der Waals surface area contributed by atoms with Gasteiger partial charge in [-0.1, -0.05) is 48.5 Å². The maximum Gasteiger partial charge on any atom is 0.484 e. The molecule has 3 aromatic rings. The molecule has 1 aromatic heterocycles. The molecule has 9 heteroatoms. The van der Waals surface area contributed by atoms with E-state index in [1.165, 1.54) is 24.3 Å². The molecule has 0 unspecified atom stereocenters. The fourth-order valence-electron chi connectivity index (χ4n) is 2.20. The zero-order chi connectivity index (χ0) is 21.3. The zero-order valence-electron chi connectivity index (χ0n) is 15.1. The molecule has 6 nitrogen and oxygen atoms in total. The summed E-state index contributed by atoms with van der Waals surface area (Å²) < 4.78 is 35.0. The Hall–Kier alpha value is -3.75. The molecule has 2 amide bonds. The summed E-state index contributed by atoms with van der Waals surface area (Å²) in [5, 5.41) is 0.896. The highest BCUT2D eigenvalue weighted by molar-refractivity contribution is 5.94. The lowest BCUT2D eigenvalue weighted by molar-refractivity contribution is -0.146. The van der Waals surface area contributed by atoms with Crippen molar-refractivity contribution in [1.82, 2.24) is 15.3 Å². The number of halogens is 3. The van der Waals surface area contributed by atoms with E-state index in [1.807, 2.05) is 30.3 Å². The van der Waals surface area contributed by atoms with E-state index in [0.717, 1.165) is 16.6 Å². The predicted molar refractivity (Wildman–Crippen MR) is 100 cm³/mol. The second-order valence-corrected chi connectivity index (χ2v) is 5.69. The molecule has 150 valence electrons. The third-order valence-electron chi connectivity index (χ3n) is 3.40. The van der Waals surface area contributed by atoms with Crippen LogP contribution in [-0.2, 0) is 11.2 Å². The van der Waals surface area contributed by atoms with Gasteiger partial charge in [0, 0.05) is 17.3 Å². The molecule has 29 heavy (non-hydrogen) atoms. The van der Waals surface area contributed by atoms with Crippen LogP contribution in [0.15, 0.2) is 72.9 Å². The minimum absolute atomic E-state index is 0.0141. The predicted octanol–water partition coefficient (Wildman–Crippen LogP) is 3.11. The summed E-state index contributed by atoms with van der Waals surface area (Å²) >= 11 is 0. The summed E-state index contributed by atoms with van der Waals surface area (Å²) in [5.74, 6) is -1.12. The summed E-state index contributed by atoms with van der Waals surface area (Å²) in [6.45, 7) is 0. The topological polar surface area (TPSA) is 98.0 Å². The average Bonchev–Trinajstić information content (AvgIpc) is 2.68. The second-order valence-electron chi connectivity index (χ2n) is 5.69. The fraction of sp³-hybridized carbons (Fsp3) is 0.100. The molecule has 0 aliphatic heterocycles. The van der Waals surface area contributed by atoms with Crippen LogP contribution in [0.4, 0.5) is 13.2 Å². The lowest BCUT2D eigenvalue weighted by Gasteiger charge is -2.07. The highest BCUT2D eigenvalue weighted by Crippen LogP contribution is 2.15. The quantitative estimate of drug-likeness (QED) is 0.655. The van der Waals surface area contributed by atoms with Crippen LogP contribution in [0.2, 0.25) is 0 Å². The number of hydrogen-bond donors (Lipinski definition) is 2. The number of carbonyl (C=O) groups is 2. The van der Waals surface area contributed by atoms with Gasteiger partial charge in [0.2, 0.25) is 5.91 Å². The molecule has 3 N–H and O–H groups in total. The number of primary amides is 1. The summed E-state index contributed by atoms with van der Waals surface area (Å²) in [6.07, 6.45) is -2.97. The van der Waals surface area contributed by atoms with Crippen molar-refractivity contribution in [2.75, 3.05) is 0 Å². The van der Waals surface area contributed by atoms with Gasteiger partial charge in [-0.05, 0) is 18.2 Å². The number of benzene rings is 2. The van der Waals surface area contributed by atoms with Crippen LogP contribution < -0.4 is 11.1 Å². The van der Waals surface area contributed by atoms with Gasteiger partial charge >= 0.3 is 6.30 Å². The largest absolute Gasteiger partial charge is 0.484 e. The lowest BCUT2D eigenvalue weighted by atomic mass is 10.1. The van der Waals surface area contributed by atoms with Crippen molar-refractivity contribution in [2.45, 2.75) is 12.7 Å². The van der Waals surface area contributed by atoms with Crippen molar-refractivity contribution in [1.29, 1.82) is 0 Å². The third-order valence-corrected chi connectivity index (χ3v) is 3.40. The van der Waals surface area contributed by atoms with E-state index in [1.54, 1.807) is 18.3 Å². The van der Waals surface area contributed by atoms with Crippen molar-refractivity contribution in [3.8, 4) is 11.3 Å². The van der Waals surface area contributed by atoms with E-state index >= 15 is 0 Å². The van der Waals surface area contributed by atoms with E-state index in [0.29, 0.717) is 5.82 Å². The first-order chi connectivity index (χ1) is 13.7. The van der Waals surface area contributed by atoms with Crippen molar-refractivity contribution in [3.63, 3.8) is 0 Å². The van der Waals surface area contributed by atoms with Gasteiger partial charge in [-0.3, -0.25) is 14.9 Å². The van der Waals surface area contributed by atoms with E-state index in [4.69, 9.17) is 5.73 Å². The standard InChI is InChI=1S/C12H11N3O.C8H6F3NO/c13-11(16)8-12-14-7-6-10(15-12)9-4-2-1-3-5-9;9-8(10,11)12-7(13)6-4-2-1-3-5-6/h1-7H,8H2,(H2,13,16);1-5H,(H,12,13). The number of carbonyl (C=O) groups excluding carboxylic acids is 2. The Kier molecular flexibility index (Phi) is 7.41. The van der Waals surface area contributed by atoms with E-state index in [-0.39, 0.29) is 12.0 Å². The van der Waals surface area contributed by atoms with Crippen molar-refractivity contribution in [2.24, 2.45) is 5.73 Å². The minimum Gasteiger partial charge on any atom is -0.369 e. The first-order valence-corrected chi connectivity index (χ1v) is 8.34. The van der Waals surface area contributed by atoms with Crippen molar-refractivity contribution in [3.05, 3.63) is 84.3 Å². The SMILES string of the molecule is NC(=O)Cc1nccc(-c2ccccc2)n1.O=C(NC(F)(F)F)c1ccccc1. The molecule has 0 aliphatic rings. The first-order valence-electron chi connectivity index (χ1n) is 8.34. The molecular weight excluding hydrogens is 385 g/mol. The van der Waals surface area contributed by atoms with E-state index < -0.39 is 18.1 Å². The van der Waals surface area contributed by atoms with Gasteiger partial charge in [0.1, 0.15) is 5.82 Å². The Bertz CT molecular complexity index is 949. The van der Waals surface area contributed by atoms with Crippen molar-refractivity contribution < 1.29 is 22.8 Å². The van der Waals surface area contributed by atoms with Crippen molar-refractivity contribution >= 4 is 11.8 Å². The smallest absolute Gasteiger partial charge is 0.369 e. The van der Waals surface area contributed by atoms with Gasteiger partial charge in [-0.2, -0.15) is 13.2 Å². The molecule has 0 saturated heterocycles. The normalized spacial score (nSPS) is 10.4. The average molecular weight is 402 g/mol. The molecule has 0 fully saturated rings. The Morgan fingerprint density at radius 3 is 2.07 bits per heavy atom. The summed E-state index contributed by atoms with van der Waals surface area (Å²) in [7, 11) is 0. The highest BCUT2D eigenvalue weighted by atomic mass is 19.4. The third kappa shape index (κ3) is 7.79. The number of alkyl halides is 3. The summed E-state index contributed by atoms with van der Waals surface area (Å²) in [6, 6.07) is 18.7. The molecule has 2 aromatic carbocycles. The van der Waals surface area contributed by atoms with Crippen LogP contribution in [0.5, 0.6) is 0 Å². The molecule has 0 saturated carbocycles. The Labute approximate surface area is 164 Å². The number of amides is 2. The number of rotatable bonds is 4. The maximum atomic E-state index is 11.7. The minimum atomic E-state index is -4.67. The van der Waals surface area contributed by atoms with E-state index in [9.17, 15) is 22.8 Å².